The van der Waals surface area contributed by atoms with Crippen LogP contribution in [0.25, 0.3) is 11.5 Å². The summed E-state index contributed by atoms with van der Waals surface area (Å²) in [6.07, 6.45) is 0. The van der Waals surface area contributed by atoms with Crippen molar-refractivity contribution in [3.05, 3.63) is 24.3 Å². The van der Waals surface area contributed by atoms with Gasteiger partial charge < -0.3 is 14.5 Å². The summed E-state index contributed by atoms with van der Waals surface area (Å²) in [4.78, 5) is 0. The lowest BCUT2D eigenvalue weighted by Crippen LogP contribution is -2.09. The van der Waals surface area contributed by atoms with Crippen molar-refractivity contribution < 1.29 is 9.15 Å². The normalized spacial score (nSPS) is 10.6. The molecule has 0 amide bonds. The second-order valence-electron chi connectivity index (χ2n) is 3.94. The maximum absolute atomic E-state index is 5.48. The van der Waals surface area contributed by atoms with E-state index in [0.29, 0.717) is 11.9 Å². The van der Waals surface area contributed by atoms with E-state index < -0.39 is 0 Å². The van der Waals surface area contributed by atoms with Gasteiger partial charge in [0.1, 0.15) is 5.75 Å². The molecule has 17 heavy (non-hydrogen) atoms. The van der Waals surface area contributed by atoms with E-state index in [2.05, 4.69) is 15.5 Å². The highest BCUT2D eigenvalue weighted by molar-refractivity contribution is 5.54. The van der Waals surface area contributed by atoms with Crippen LogP contribution in [0.4, 0.5) is 6.01 Å². The zero-order valence-electron chi connectivity index (χ0n) is 10.1. The van der Waals surface area contributed by atoms with E-state index in [1.54, 1.807) is 7.11 Å². The highest BCUT2D eigenvalue weighted by atomic mass is 16.5. The zero-order valence-corrected chi connectivity index (χ0v) is 10.1. The minimum absolute atomic E-state index is 0.263. The monoisotopic (exact) mass is 233 g/mol. The Hall–Kier alpha value is -2.04. The summed E-state index contributed by atoms with van der Waals surface area (Å²) in [7, 11) is 1.63. The molecule has 1 aromatic carbocycles. The van der Waals surface area contributed by atoms with Crippen LogP contribution in [0, 0.1) is 0 Å². The molecule has 0 saturated heterocycles. The molecule has 0 bridgehead atoms. The van der Waals surface area contributed by atoms with Crippen LogP contribution in [-0.2, 0) is 0 Å². The molecule has 5 heteroatoms. The molecule has 0 saturated carbocycles. The number of methoxy groups -OCH3 is 1. The van der Waals surface area contributed by atoms with Gasteiger partial charge in [-0.25, -0.2) is 0 Å². The van der Waals surface area contributed by atoms with Gasteiger partial charge in [0, 0.05) is 11.6 Å². The molecule has 0 aliphatic heterocycles. The second-order valence-corrected chi connectivity index (χ2v) is 3.94. The van der Waals surface area contributed by atoms with Crippen LogP contribution in [0.5, 0.6) is 5.75 Å². The van der Waals surface area contributed by atoms with Gasteiger partial charge in [-0.15, -0.1) is 5.10 Å². The van der Waals surface area contributed by atoms with Crippen molar-refractivity contribution in [2.24, 2.45) is 0 Å². The lowest BCUT2D eigenvalue weighted by atomic mass is 10.2. The van der Waals surface area contributed by atoms with E-state index in [9.17, 15) is 0 Å². The summed E-state index contributed by atoms with van der Waals surface area (Å²) in [6, 6.07) is 8.17. The van der Waals surface area contributed by atoms with Crippen molar-refractivity contribution in [1.82, 2.24) is 10.2 Å². The maximum atomic E-state index is 5.48. The smallest absolute Gasteiger partial charge is 0.315 e. The molecule has 1 heterocycles. The predicted octanol–water partition coefficient (Wildman–Crippen LogP) is 2.57. The molecule has 0 aliphatic carbocycles. The molecule has 1 N–H and O–H groups in total. The van der Waals surface area contributed by atoms with E-state index in [-0.39, 0.29) is 6.04 Å². The molecule has 0 fully saturated rings. The molecule has 2 aromatic rings. The molecular formula is C12H15N3O2. The van der Waals surface area contributed by atoms with Crippen molar-refractivity contribution in [3.63, 3.8) is 0 Å². The Morgan fingerprint density at radius 1 is 1.18 bits per heavy atom. The number of benzene rings is 1. The Bertz CT molecular complexity index is 477. The Kier molecular flexibility index (Phi) is 3.27. The second kappa shape index (κ2) is 4.86. The van der Waals surface area contributed by atoms with E-state index in [0.717, 1.165) is 11.3 Å². The van der Waals surface area contributed by atoms with Crippen LogP contribution in [0.2, 0.25) is 0 Å². The van der Waals surface area contributed by atoms with Gasteiger partial charge in [-0.05, 0) is 38.1 Å². The van der Waals surface area contributed by atoms with Gasteiger partial charge >= 0.3 is 6.01 Å². The van der Waals surface area contributed by atoms with E-state index >= 15 is 0 Å². The molecule has 1 aromatic heterocycles. The van der Waals surface area contributed by atoms with Crippen LogP contribution in [0.3, 0.4) is 0 Å². The predicted molar refractivity (Wildman–Crippen MR) is 65.0 cm³/mol. The maximum Gasteiger partial charge on any atom is 0.315 e. The van der Waals surface area contributed by atoms with Crippen LogP contribution in [0.15, 0.2) is 28.7 Å². The van der Waals surface area contributed by atoms with Crippen LogP contribution in [0.1, 0.15) is 13.8 Å². The number of aromatic nitrogens is 2. The number of hydrogen-bond donors (Lipinski definition) is 1. The minimum atomic E-state index is 0.263. The summed E-state index contributed by atoms with van der Waals surface area (Å²) < 4.78 is 10.6. The van der Waals surface area contributed by atoms with Crippen LogP contribution >= 0.6 is 0 Å². The summed E-state index contributed by atoms with van der Waals surface area (Å²) in [6.45, 7) is 4.02. The van der Waals surface area contributed by atoms with Gasteiger partial charge in [0.05, 0.1) is 7.11 Å². The van der Waals surface area contributed by atoms with Gasteiger partial charge in [-0.1, -0.05) is 5.10 Å². The lowest BCUT2D eigenvalue weighted by Gasteiger charge is -2.02. The van der Waals surface area contributed by atoms with Gasteiger partial charge in [-0.2, -0.15) is 0 Å². The van der Waals surface area contributed by atoms with Gasteiger partial charge in [-0.3, -0.25) is 0 Å². The first kappa shape index (κ1) is 11.4. The largest absolute Gasteiger partial charge is 0.497 e. The Balaban J connectivity index is 2.18. The van der Waals surface area contributed by atoms with E-state index in [1.165, 1.54) is 0 Å². The van der Waals surface area contributed by atoms with Gasteiger partial charge in [0.2, 0.25) is 5.89 Å². The lowest BCUT2D eigenvalue weighted by molar-refractivity contribution is 0.415. The van der Waals surface area contributed by atoms with Crippen molar-refractivity contribution in [2.45, 2.75) is 19.9 Å². The number of rotatable bonds is 4. The topological polar surface area (TPSA) is 60.2 Å². The SMILES string of the molecule is COc1ccc(-c2nnc(NC(C)C)o2)cc1. The molecule has 0 radical (unpaired) electrons. The van der Waals surface area contributed by atoms with Crippen molar-refractivity contribution in [3.8, 4) is 17.2 Å². The van der Waals surface area contributed by atoms with E-state index in [1.807, 2.05) is 38.1 Å². The Morgan fingerprint density at radius 2 is 1.88 bits per heavy atom. The molecule has 5 nitrogen and oxygen atoms in total. The Labute approximate surface area is 99.8 Å². The van der Waals surface area contributed by atoms with Gasteiger partial charge in [0.25, 0.3) is 0 Å². The Morgan fingerprint density at radius 3 is 2.47 bits per heavy atom. The summed E-state index contributed by atoms with van der Waals surface area (Å²) in [5.41, 5.74) is 0.870. The molecule has 90 valence electrons. The molecule has 2 rings (SSSR count). The summed E-state index contributed by atoms with van der Waals surface area (Å²) in [5, 5.41) is 10.9. The highest BCUT2D eigenvalue weighted by Crippen LogP contribution is 2.22. The summed E-state index contributed by atoms with van der Waals surface area (Å²) >= 11 is 0. The first-order valence-electron chi connectivity index (χ1n) is 5.43. The number of anilines is 1. The summed E-state index contributed by atoms with van der Waals surface area (Å²) in [5.74, 6) is 1.30. The van der Waals surface area contributed by atoms with Crippen LogP contribution in [-0.4, -0.2) is 23.3 Å². The molecule has 0 unspecified atom stereocenters. The zero-order chi connectivity index (χ0) is 12.3. The number of nitrogens with zero attached hydrogens (tertiary/aromatic N) is 2. The minimum Gasteiger partial charge on any atom is -0.497 e. The first-order valence-corrected chi connectivity index (χ1v) is 5.43. The van der Waals surface area contributed by atoms with Crippen molar-refractivity contribution in [1.29, 1.82) is 0 Å². The van der Waals surface area contributed by atoms with Crippen molar-refractivity contribution in [2.75, 3.05) is 12.4 Å². The number of hydrogen-bond acceptors (Lipinski definition) is 5. The quantitative estimate of drug-likeness (QED) is 0.879. The number of nitrogens with one attached hydrogen (secondary N) is 1. The molecular weight excluding hydrogens is 218 g/mol. The molecule has 0 aliphatic rings. The molecule has 0 atom stereocenters. The highest BCUT2D eigenvalue weighted by Gasteiger charge is 2.08. The standard InChI is InChI=1S/C12H15N3O2/c1-8(2)13-12-15-14-11(17-12)9-4-6-10(16-3)7-5-9/h4-8H,1-3H3,(H,13,15). The number of ether oxygens (including phenoxy) is 1. The third-order valence-electron chi connectivity index (χ3n) is 2.17. The first-order chi connectivity index (χ1) is 8.19. The average molecular weight is 233 g/mol. The fourth-order valence-electron chi connectivity index (χ4n) is 1.38. The van der Waals surface area contributed by atoms with Gasteiger partial charge in [0.15, 0.2) is 0 Å². The fraction of sp³-hybridized carbons (Fsp3) is 0.333. The molecule has 0 spiro atoms. The fourth-order valence-corrected chi connectivity index (χ4v) is 1.38. The van der Waals surface area contributed by atoms with Crippen molar-refractivity contribution >= 4 is 6.01 Å². The third kappa shape index (κ3) is 2.75. The third-order valence-corrected chi connectivity index (χ3v) is 2.17. The average Bonchev–Trinajstić information content (AvgIpc) is 2.77. The van der Waals surface area contributed by atoms with E-state index in [4.69, 9.17) is 9.15 Å². The van der Waals surface area contributed by atoms with Crippen LogP contribution < -0.4 is 10.1 Å².